The van der Waals surface area contributed by atoms with E-state index in [2.05, 4.69) is 38.2 Å². The van der Waals surface area contributed by atoms with E-state index >= 15 is 0 Å². The average molecular weight is 537 g/mol. The van der Waals surface area contributed by atoms with Crippen molar-refractivity contribution < 1.29 is 19.4 Å². The molecule has 1 aliphatic carbocycles. The zero-order valence-corrected chi connectivity index (χ0v) is 23.4. The lowest BCUT2D eigenvalue weighted by molar-refractivity contribution is -0.136. The summed E-state index contributed by atoms with van der Waals surface area (Å²) in [5.74, 6) is 0.734. The van der Waals surface area contributed by atoms with Crippen molar-refractivity contribution in [2.75, 3.05) is 5.32 Å². The normalized spacial score (nSPS) is 13.9. The number of amides is 1. The first-order valence-electron chi connectivity index (χ1n) is 14.0. The molecule has 4 aromatic rings. The van der Waals surface area contributed by atoms with E-state index in [1.165, 1.54) is 31.2 Å². The lowest BCUT2D eigenvalue weighted by atomic mass is 9.87. The van der Waals surface area contributed by atoms with Crippen molar-refractivity contribution in [3.05, 3.63) is 95.3 Å². The molecule has 40 heavy (non-hydrogen) atoms. The third-order valence-corrected chi connectivity index (χ3v) is 7.64. The number of carboxylic acids is 1. The summed E-state index contributed by atoms with van der Waals surface area (Å²) in [7, 11) is 0. The zero-order chi connectivity index (χ0) is 28.3. The predicted octanol–water partition coefficient (Wildman–Crippen LogP) is 7.94. The number of rotatable bonds is 8. The van der Waals surface area contributed by atoms with Gasteiger partial charge in [0, 0.05) is 16.8 Å². The first-order chi connectivity index (χ1) is 19.2. The second-order valence-electron chi connectivity index (χ2n) is 11.7. The number of nitrogens with one attached hydrogen (secondary N) is 1. The number of hydrogen-bond donors (Lipinski definition) is 2. The van der Waals surface area contributed by atoms with Crippen LogP contribution < -0.4 is 10.1 Å². The van der Waals surface area contributed by atoms with E-state index in [0.717, 1.165) is 34.4 Å². The standard InChI is InChI=1S/C34H36N2O4/c1-34(2,3)25-13-16-26(17-14-25)40-27-15-12-23-19-31(35-30(28(23)21-27)18-22-8-4-5-9-22)33(39)36-29-11-7-6-10-24(29)20-32(37)38/h6-7,10-17,19,21-22H,4-5,8-9,18,20H2,1-3H3,(H,36,39)(H,37,38). The minimum absolute atomic E-state index is 0.0740. The van der Waals surface area contributed by atoms with E-state index < -0.39 is 5.97 Å². The van der Waals surface area contributed by atoms with Crippen LogP contribution in [0.4, 0.5) is 5.69 Å². The lowest BCUT2D eigenvalue weighted by Crippen LogP contribution is -2.17. The van der Waals surface area contributed by atoms with Crippen LogP contribution in [-0.4, -0.2) is 22.0 Å². The maximum Gasteiger partial charge on any atom is 0.307 e. The fourth-order valence-corrected chi connectivity index (χ4v) is 5.42. The number of aromatic nitrogens is 1. The number of benzene rings is 3. The van der Waals surface area contributed by atoms with Crippen LogP contribution in [0.1, 0.15) is 73.8 Å². The topological polar surface area (TPSA) is 88.5 Å². The van der Waals surface area contributed by atoms with Crippen LogP contribution in [0, 0.1) is 5.92 Å². The highest BCUT2D eigenvalue weighted by Crippen LogP contribution is 2.33. The summed E-state index contributed by atoms with van der Waals surface area (Å²) in [4.78, 5) is 29.5. The molecule has 5 rings (SSSR count). The van der Waals surface area contributed by atoms with Crippen molar-refractivity contribution in [1.29, 1.82) is 0 Å². The number of nitrogens with zero attached hydrogens (tertiary/aromatic N) is 1. The van der Waals surface area contributed by atoms with E-state index in [0.29, 0.717) is 22.9 Å². The second kappa shape index (κ2) is 11.5. The summed E-state index contributed by atoms with van der Waals surface area (Å²) in [6.45, 7) is 6.57. The zero-order valence-electron chi connectivity index (χ0n) is 23.4. The van der Waals surface area contributed by atoms with Crippen molar-refractivity contribution in [3.8, 4) is 11.5 Å². The molecule has 2 N–H and O–H groups in total. The Morgan fingerprint density at radius 1 is 0.950 bits per heavy atom. The molecule has 0 saturated heterocycles. The third-order valence-electron chi connectivity index (χ3n) is 7.64. The van der Waals surface area contributed by atoms with Crippen LogP contribution in [0.25, 0.3) is 10.8 Å². The molecule has 3 aromatic carbocycles. The molecule has 0 spiro atoms. The van der Waals surface area contributed by atoms with E-state index in [9.17, 15) is 14.7 Å². The van der Waals surface area contributed by atoms with Crippen LogP contribution in [0.3, 0.4) is 0 Å². The summed E-state index contributed by atoms with van der Waals surface area (Å²) >= 11 is 0. The molecule has 1 saturated carbocycles. The molecule has 1 heterocycles. The van der Waals surface area contributed by atoms with Gasteiger partial charge in [-0.25, -0.2) is 4.98 Å². The number of aliphatic carboxylic acids is 1. The number of pyridine rings is 1. The third kappa shape index (κ3) is 6.50. The number of anilines is 1. The molecule has 1 aliphatic rings. The Morgan fingerprint density at radius 3 is 2.35 bits per heavy atom. The number of hydrogen-bond acceptors (Lipinski definition) is 4. The van der Waals surface area contributed by atoms with E-state index in [1.807, 2.05) is 30.3 Å². The van der Waals surface area contributed by atoms with Gasteiger partial charge >= 0.3 is 5.97 Å². The van der Waals surface area contributed by atoms with E-state index in [1.54, 1.807) is 30.3 Å². The quantitative estimate of drug-likeness (QED) is 0.239. The van der Waals surface area contributed by atoms with Gasteiger partial charge in [0.25, 0.3) is 5.91 Å². The first kappa shape index (κ1) is 27.4. The average Bonchev–Trinajstić information content (AvgIpc) is 3.42. The van der Waals surface area contributed by atoms with Gasteiger partial charge in [-0.3, -0.25) is 9.59 Å². The Morgan fingerprint density at radius 2 is 1.65 bits per heavy atom. The molecule has 0 radical (unpaired) electrons. The molecule has 0 unspecified atom stereocenters. The van der Waals surface area contributed by atoms with Gasteiger partial charge in [0.1, 0.15) is 17.2 Å². The summed E-state index contributed by atoms with van der Waals surface area (Å²) in [6.07, 6.45) is 5.41. The SMILES string of the molecule is CC(C)(C)c1ccc(Oc2ccc3cc(C(=O)Nc4ccccc4CC(=O)O)nc(CC4CCCC4)c3c2)cc1. The van der Waals surface area contributed by atoms with Crippen LogP contribution in [-0.2, 0) is 23.1 Å². The molecular weight excluding hydrogens is 500 g/mol. The molecule has 6 nitrogen and oxygen atoms in total. The number of para-hydroxylation sites is 1. The highest BCUT2D eigenvalue weighted by Gasteiger charge is 2.21. The summed E-state index contributed by atoms with van der Waals surface area (Å²) < 4.78 is 6.23. The fraction of sp³-hybridized carbons (Fsp3) is 0.324. The molecule has 0 atom stereocenters. The van der Waals surface area contributed by atoms with Gasteiger partial charge in [-0.2, -0.15) is 0 Å². The van der Waals surface area contributed by atoms with Gasteiger partial charge in [0.05, 0.1) is 6.42 Å². The molecule has 1 amide bonds. The van der Waals surface area contributed by atoms with Gasteiger partial charge < -0.3 is 15.2 Å². The highest BCUT2D eigenvalue weighted by atomic mass is 16.5. The second-order valence-corrected chi connectivity index (χ2v) is 11.7. The lowest BCUT2D eigenvalue weighted by Gasteiger charge is -2.19. The van der Waals surface area contributed by atoms with Gasteiger partial charge in [0.2, 0.25) is 0 Å². The van der Waals surface area contributed by atoms with E-state index in [-0.39, 0.29) is 17.7 Å². The molecule has 206 valence electrons. The van der Waals surface area contributed by atoms with Crippen molar-refractivity contribution in [1.82, 2.24) is 4.98 Å². The maximum absolute atomic E-state index is 13.3. The predicted molar refractivity (Wildman–Crippen MR) is 158 cm³/mol. The van der Waals surface area contributed by atoms with Crippen molar-refractivity contribution >= 4 is 28.3 Å². The van der Waals surface area contributed by atoms with Crippen LogP contribution >= 0.6 is 0 Å². The molecule has 1 fully saturated rings. The minimum atomic E-state index is -0.951. The van der Waals surface area contributed by atoms with Crippen LogP contribution in [0.5, 0.6) is 11.5 Å². The van der Waals surface area contributed by atoms with Gasteiger partial charge in [-0.1, -0.05) is 82.9 Å². The molecule has 1 aromatic heterocycles. The monoisotopic (exact) mass is 536 g/mol. The highest BCUT2D eigenvalue weighted by molar-refractivity contribution is 6.05. The number of ether oxygens (including phenoxy) is 1. The first-order valence-corrected chi connectivity index (χ1v) is 14.0. The smallest absolute Gasteiger partial charge is 0.307 e. The van der Waals surface area contributed by atoms with Gasteiger partial charge in [-0.15, -0.1) is 0 Å². The van der Waals surface area contributed by atoms with Gasteiger partial charge in [-0.05, 0) is 70.7 Å². The summed E-state index contributed by atoms with van der Waals surface area (Å²) in [5.41, 5.74) is 3.56. The molecule has 6 heteroatoms. The summed E-state index contributed by atoms with van der Waals surface area (Å²) in [5, 5.41) is 14.0. The van der Waals surface area contributed by atoms with Crippen molar-refractivity contribution in [2.24, 2.45) is 5.92 Å². The van der Waals surface area contributed by atoms with Crippen molar-refractivity contribution in [2.45, 2.75) is 64.7 Å². The number of carboxylic acid groups (broad SMARTS) is 1. The summed E-state index contributed by atoms with van der Waals surface area (Å²) in [6, 6.07) is 22.9. The molecule has 0 aliphatic heterocycles. The Hall–Kier alpha value is -4.19. The number of fused-ring (bicyclic) bond motifs is 1. The Kier molecular flexibility index (Phi) is 7.88. The molecular formula is C34H36N2O4. The van der Waals surface area contributed by atoms with Crippen LogP contribution in [0.2, 0.25) is 0 Å². The minimum Gasteiger partial charge on any atom is -0.481 e. The number of carbonyl (C=O) groups excluding carboxylic acids is 1. The van der Waals surface area contributed by atoms with E-state index in [4.69, 9.17) is 9.72 Å². The van der Waals surface area contributed by atoms with Crippen LogP contribution in [0.15, 0.2) is 72.8 Å². The Labute approximate surface area is 235 Å². The van der Waals surface area contributed by atoms with Crippen molar-refractivity contribution in [3.63, 3.8) is 0 Å². The maximum atomic E-state index is 13.3. The Balaban J connectivity index is 1.45. The Bertz CT molecular complexity index is 1530. The number of carbonyl (C=O) groups is 2. The van der Waals surface area contributed by atoms with Gasteiger partial charge in [0.15, 0.2) is 0 Å². The largest absolute Gasteiger partial charge is 0.481 e. The molecule has 0 bridgehead atoms. The fourth-order valence-electron chi connectivity index (χ4n) is 5.42.